The van der Waals surface area contributed by atoms with Gasteiger partial charge in [-0.2, -0.15) is 5.10 Å². The second-order valence-corrected chi connectivity index (χ2v) is 6.14. The first-order valence-corrected chi connectivity index (χ1v) is 7.33. The van der Waals surface area contributed by atoms with Gasteiger partial charge in [0.25, 0.3) is 5.91 Å². The molecule has 3 aromatic rings. The fourth-order valence-electron chi connectivity index (χ4n) is 1.84. The number of benzene rings is 1. The molecule has 1 aromatic carbocycles. The van der Waals surface area contributed by atoms with Crippen LogP contribution in [0, 0.1) is 6.92 Å². The van der Waals surface area contributed by atoms with Gasteiger partial charge in [0, 0.05) is 26.9 Å². The van der Waals surface area contributed by atoms with Crippen LogP contribution in [0.15, 0.2) is 24.3 Å². The van der Waals surface area contributed by atoms with Gasteiger partial charge >= 0.3 is 0 Å². The number of carbonyl (C=O) groups is 1. The first kappa shape index (κ1) is 13.4. The Morgan fingerprint density at radius 2 is 2.15 bits per heavy atom. The van der Waals surface area contributed by atoms with E-state index in [4.69, 9.17) is 23.2 Å². The van der Waals surface area contributed by atoms with Crippen molar-refractivity contribution in [1.29, 1.82) is 0 Å². The predicted octanol–water partition coefficient (Wildman–Crippen LogP) is 4.49. The Labute approximate surface area is 128 Å². The number of H-pyrrole nitrogens is 1. The zero-order valence-corrected chi connectivity index (χ0v) is 12.7. The lowest BCUT2D eigenvalue weighted by Gasteiger charge is -1.98. The van der Waals surface area contributed by atoms with Gasteiger partial charge in [-0.3, -0.25) is 9.89 Å². The van der Waals surface area contributed by atoms with Crippen LogP contribution in [0.3, 0.4) is 0 Å². The van der Waals surface area contributed by atoms with Crippen molar-refractivity contribution >= 4 is 56.3 Å². The molecule has 4 nitrogen and oxygen atoms in total. The SMILES string of the molecule is Cc1cc(NC(=O)c2sc3cc(Cl)ccc3c2Cl)n[nH]1. The van der Waals surface area contributed by atoms with E-state index in [0.717, 1.165) is 15.8 Å². The lowest BCUT2D eigenvalue weighted by molar-refractivity contribution is 0.103. The highest BCUT2D eigenvalue weighted by molar-refractivity contribution is 7.21. The number of amides is 1. The van der Waals surface area contributed by atoms with Crippen molar-refractivity contribution in [2.24, 2.45) is 0 Å². The summed E-state index contributed by atoms with van der Waals surface area (Å²) >= 11 is 13.5. The molecule has 3 rings (SSSR count). The van der Waals surface area contributed by atoms with E-state index < -0.39 is 0 Å². The molecule has 102 valence electrons. The average molecular weight is 326 g/mol. The smallest absolute Gasteiger partial charge is 0.268 e. The summed E-state index contributed by atoms with van der Waals surface area (Å²) in [5.41, 5.74) is 0.870. The fraction of sp³-hybridized carbons (Fsp3) is 0.0769. The Bertz CT molecular complexity index is 809. The number of thiophene rings is 1. The van der Waals surface area contributed by atoms with Crippen LogP contribution in [0.25, 0.3) is 10.1 Å². The number of halogens is 2. The predicted molar refractivity (Wildman–Crippen MR) is 83.1 cm³/mol. The van der Waals surface area contributed by atoms with Gasteiger partial charge in [0.05, 0.1) is 5.02 Å². The van der Waals surface area contributed by atoms with Gasteiger partial charge in [0.2, 0.25) is 0 Å². The van der Waals surface area contributed by atoms with Crippen LogP contribution in [0.2, 0.25) is 10.0 Å². The summed E-state index contributed by atoms with van der Waals surface area (Å²) in [5.74, 6) is 0.192. The number of fused-ring (bicyclic) bond motifs is 1. The number of aromatic amines is 1. The van der Waals surface area contributed by atoms with Crippen LogP contribution in [-0.4, -0.2) is 16.1 Å². The minimum absolute atomic E-state index is 0.279. The van der Waals surface area contributed by atoms with Gasteiger partial charge in [0.15, 0.2) is 5.82 Å². The van der Waals surface area contributed by atoms with E-state index in [0.29, 0.717) is 20.7 Å². The highest BCUT2D eigenvalue weighted by Crippen LogP contribution is 2.36. The molecule has 0 spiro atoms. The Morgan fingerprint density at radius 3 is 2.85 bits per heavy atom. The molecule has 0 radical (unpaired) electrons. The van der Waals surface area contributed by atoms with Crippen molar-refractivity contribution in [1.82, 2.24) is 10.2 Å². The lowest BCUT2D eigenvalue weighted by atomic mass is 10.2. The molecule has 0 atom stereocenters. The number of aryl methyl sites for hydroxylation is 1. The van der Waals surface area contributed by atoms with Crippen molar-refractivity contribution in [2.75, 3.05) is 5.32 Å². The third-order valence-electron chi connectivity index (χ3n) is 2.75. The summed E-state index contributed by atoms with van der Waals surface area (Å²) in [7, 11) is 0. The molecule has 2 N–H and O–H groups in total. The number of aromatic nitrogens is 2. The van der Waals surface area contributed by atoms with Gasteiger partial charge in [0.1, 0.15) is 4.88 Å². The van der Waals surface area contributed by atoms with Crippen LogP contribution in [-0.2, 0) is 0 Å². The van der Waals surface area contributed by atoms with E-state index in [1.807, 2.05) is 13.0 Å². The number of nitrogens with one attached hydrogen (secondary N) is 2. The largest absolute Gasteiger partial charge is 0.304 e. The molecule has 2 heterocycles. The molecule has 1 amide bonds. The monoisotopic (exact) mass is 325 g/mol. The molecule has 7 heteroatoms. The van der Waals surface area contributed by atoms with Crippen molar-refractivity contribution < 1.29 is 4.79 Å². The molecule has 0 aliphatic carbocycles. The second-order valence-electron chi connectivity index (χ2n) is 4.28. The quantitative estimate of drug-likeness (QED) is 0.729. The molecule has 0 unspecified atom stereocenters. The van der Waals surface area contributed by atoms with Gasteiger partial charge in [-0.25, -0.2) is 0 Å². The van der Waals surface area contributed by atoms with Crippen LogP contribution < -0.4 is 5.32 Å². The van der Waals surface area contributed by atoms with Gasteiger partial charge in [-0.15, -0.1) is 11.3 Å². The number of anilines is 1. The van der Waals surface area contributed by atoms with Crippen molar-refractivity contribution in [3.8, 4) is 0 Å². The van der Waals surface area contributed by atoms with Crippen molar-refractivity contribution in [2.45, 2.75) is 6.92 Å². The number of hydrogen-bond donors (Lipinski definition) is 2. The van der Waals surface area contributed by atoms with Gasteiger partial charge in [-0.1, -0.05) is 29.3 Å². The van der Waals surface area contributed by atoms with Crippen LogP contribution in [0.1, 0.15) is 15.4 Å². The first-order valence-electron chi connectivity index (χ1n) is 5.75. The minimum Gasteiger partial charge on any atom is -0.304 e. The van der Waals surface area contributed by atoms with Crippen LogP contribution in [0.5, 0.6) is 0 Å². The Hall–Kier alpha value is -1.56. The number of rotatable bonds is 2. The summed E-state index contributed by atoms with van der Waals surface area (Å²) < 4.78 is 0.880. The molecular formula is C13H9Cl2N3OS. The molecule has 0 fully saturated rings. The van der Waals surface area contributed by atoms with Crippen molar-refractivity contribution in [3.63, 3.8) is 0 Å². The maximum absolute atomic E-state index is 12.2. The van der Waals surface area contributed by atoms with E-state index in [2.05, 4.69) is 15.5 Å². The summed E-state index contributed by atoms with van der Waals surface area (Å²) in [6.07, 6.45) is 0. The summed E-state index contributed by atoms with van der Waals surface area (Å²) in [5, 5.41) is 11.3. The number of nitrogens with zero attached hydrogens (tertiary/aromatic N) is 1. The van der Waals surface area contributed by atoms with E-state index >= 15 is 0 Å². The standard InChI is InChI=1S/C13H9Cl2N3OS/c1-6-4-10(18-17-6)16-13(19)12-11(15)8-3-2-7(14)5-9(8)20-12/h2-5H,1H3,(H2,16,17,18,19). The zero-order chi connectivity index (χ0) is 14.3. The van der Waals surface area contributed by atoms with E-state index in [1.165, 1.54) is 11.3 Å². The second kappa shape index (κ2) is 5.09. The molecular weight excluding hydrogens is 317 g/mol. The Morgan fingerprint density at radius 1 is 1.35 bits per heavy atom. The summed E-state index contributed by atoms with van der Waals surface area (Å²) in [4.78, 5) is 12.7. The fourth-order valence-corrected chi connectivity index (χ4v) is 3.53. The Balaban J connectivity index is 1.97. The third kappa shape index (κ3) is 2.40. The Kier molecular flexibility index (Phi) is 3.41. The molecule has 0 aliphatic rings. The molecule has 0 saturated heterocycles. The van der Waals surface area contributed by atoms with E-state index in [9.17, 15) is 4.79 Å². The summed E-state index contributed by atoms with van der Waals surface area (Å²) in [6, 6.07) is 7.10. The average Bonchev–Trinajstić information content (AvgIpc) is 2.94. The van der Waals surface area contributed by atoms with E-state index in [1.54, 1.807) is 18.2 Å². The molecule has 0 saturated carbocycles. The topological polar surface area (TPSA) is 57.8 Å². The van der Waals surface area contributed by atoms with Crippen LogP contribution >= 0.6 is 34.5 Å². The highest BCUT2D eigenvalue weighted by atomic mass is 35.5. The maximum atomic E-state index is 12.2. The highest BCUT2D eigenvalue weighted by Gasteiger charge is 2.18. The van der Waals surface area contributed by atoms with E-state index in [-0.39, 0.29) is 5.91 Å². The van der Waals surface area contributed by atoms with Gasteiger partial charge < -0.3 is 5.32 Å². The molecule has 2 aromatic heterocycles. The summed E-state index contributed by atoms with van der Waals surface area (Å²) in [6.45, 7) is 1.86. The normalized spacial score (nSPS) is 10.9. The van der Waals surface area contributed by atoms with Crippen LogP contribution in [0.4, 0.5) is 5.82 Å². The molecule has 0 bridgehead atoms. The van der Waals surface area contributed by atoms with Crippen molar-refractivity contribution in [3.05, 3.63) is 44.9 Å². The molecule has 0 aliphatic heterocycles. The minimum atomic E-state index is -0.279. The number of carbonyl (C=O) groups excluding carboxylic acids is 1. The third-order valence-corrected chi connectivity index (χ3v) is 4.64. The lowest BCUT2D eigenvalue weighted by Crippen LogP contribution is -2.10. The van der Waals surface area contributed by atoms with Gasteiger partial charge in [-0.05, 0) is 19.1 Å². The zero-order valence-electron chi connectivity index (χ0n) is 10.3. The number of hydrogen-bond acceptors (Lipinski definition) is 3. The molecule has 20 heavy (non-hydrogen) atoms. The maximum Gasteiger partial charge on any atom is 0.268 e. The first-order chi connectivity index (χ1) is 9.54.